The first-order chi connectivity index (χ1) is 7.38. The smallest absolute Gasteiger partial charge is 0.306 e. The van der Waals surface area contributed by atoms with Crippen LogP contribution in [0.15, 0.2) is 0 Å². The maximum Gasteiger partial charge on any atom is 0.306 e. The summed E-state index contributed by atoms with van der Waals surface area (Å²) in [5, 5.41) is 8.85. The standard InChI is InChI=1S/C11H20N2O3/c1-11(2,7-12)10(16)13-5-3-8(4-6-13)9(14)15/h8H,3-7,12H2,1-2H3,(H,14,15). The third kappa shape index (κ3) is 2.72. The number of nitrogens with zero attached hydrogens (tertiary/aromatic N) is 1. The Morgan fingerprint density at radius 3 is 2.25 bits per heavy atom. The highest BCUT2D eigenvalue weighted by atomic mass is 16.4. The Balaban J connectivity index is 2.54. The van der Waals surface area contributed by atoms with Gasteiger partial charge >= 0.3 is 5.97 Å². The van der Waals surface area contributed by atoms with Gasteiger partial charge in [-0.3, -0.25) is 9.59 Å². The summed E-state index contributed by atoms with van der Waals surface area (Å²) in [7, 11) is 0. The van der Waals surface area contributed by atoms with Crippen LogP contribution in [-0.2, 0) is 9.59 Å². The fraction of sp³-hybridized carbons (Fsp3) is 0.818. The van der Waals surface area contributed by atoms with Gasteiger partial charge in [-0.2, -0.15) is 0 Å². The van der Waals surface area contributed by atoms with Gasteiger partial charge in [-0.1, -0.05) is 0 Å². The quantitative estimate of drug-likeness (QED) is 0.727. The summed E-state index contributed by atoms with van der Waals surface area (Å²) in [5.74, 6) is -1.03. The molecular weight excluding hydrogens is 208 g/mol. The van der Waals surface area contributed by atoms with Crippen molar-refractivity contribution in [2.24, 2.45) is 17.1 Å². The Labute approximate surface area is 95.6 Å². The molecule has 0 unspecified atom stereocenters. The first-order valence-electron chi connectivity index (χ1n) is 5.60. The topological polar surface area (TPSA) is 83.6 Å². The van der Waals surface area contributed by atoms with Crippen LogP contribution in [0.4, 0.5) is 0 Å². The molecule has 0 bridgehead atoms. The van der Waals surface area contributed by atoms with Gasteiger partial charge in [0.1, 0.15) is 0 Å². The van der Waals surface area contributed by atoms with Crippen molar-refractivity contribution in [2.75, 3.05) is 19.6 Å². The van der Waals surface area contributed by atoms with Crippen LogP contribution in [0, 0.1) is 11.3 Å². The molecule has 1 saturated heterocycles. The minimum absolute atomic E-state index is 0.0267. The zero-order valence-electron chi connectivity index (χ0n) is 9.90. The Morgan fingerprint density at radius 2 is 1.88 bits per heavy atom. The molecule has 0 aromatic heterocycles. The number of hydrogen-bond donors (Lipinski definition) is 2. The van der Waals surface area contributed by atoms with Gasteiger partial charge < -0.3 is 15.7 Å². The van der Waals surface area contributed by atoms with Crippen molar-refractivity contribution in [1.82, 2.24) is 4.90 Å². The molecule has 1 amide bonds. The number of rotatable bonds is 3. The number of hydrogen-bond acceptors (Lipinski definition) is 3. The summed E-state index contributed by atoms with van der Waals surface area (Å²) in [6.07, 6.45) is 1.09. The Kier molecular flexibility index (Phi) is 3.91. The van der Waals surface area contributed by atoms with Gasteiger partial charge in [-0.05, 0) is 26.7 Å². The Bertz CT molecular complexity index is 281. The summed E-state index contributed by atoms with van der Waals surface area (Å²) in [4.78, 5) is 24.5. The number of carboxylic acids is 1. The Hall–Kier alpha value is -1.10. The summed E-state index contributed by atoms with van der Waals surface area (Å²) in [6.45, 7) is 5.00. The van der Waals surface area contributed by atoms with Crippen molar-refractivity contribution in [3.05, 3.63) is 0 Å². The lowest BCUT2D eigenvalue weighted by atomic mass is 9.89. The van der Waals surface area contributed by atoms with Crippen molar-refractivity contribution in [3.8, 4) is 0 Å². The molecule has 0 saturated carbocycles. The van der Waals surface area contributed by atoms with Gasteiger partial charge in [0.25, 0.3) is 0 Å². The maximum atomic E-state index is 12.0. The van der Waals surface area contributed by atoms with Gasteiger partial charge in [-0.15, -0.1) is 0 Å². The maximum absolute atomic E-state index is 12.0. The molecule has 0 aromatic carbocycles. The van der Waals surface area contributed by atoms with E-state index in [1.54, 1.807) is 4.90 Å². The highest BCUT2D eigenvalue weighted by Gasteiger charge is 2.34. The van der Waals surface area contributed by atoms with Crippen LogP contribution >= 0.6 is 0 Å². The zero-order valence-corrected chi connectivity index (χ0v) is 9.90. The van der Waals surface area contributed by atoms with Crippen molar-refractivity contribution >= 4 is 11.9 Å². The van der Waals surface area contributed by atoms with Crippen molar-refractivity contribution in [3.63, 3.8) is 0 Å². The van der Waals surface area contributed by atoms with Gasteiger partial charge in [0, 0.05) is 19.6 Å². The van der Waals surface area contributed by atoms with Crippen LogP contribution in [-0.4, -0.2) is 41.5 Å². The third-order valence-electron chi connectivity index (χ3n) is 3.22. The number of aliphatic carboxylic acids is 1. The Morgan fingerprint density at radius 1 is 1.38 bits per heavy atom. The molecule has 16 heavy (non-hydrogen) atoms. The number of carboxylic acid groups (broad SMARTS) is 1. The van der Waals surface area contributed by atoms with Crippen molar-refractivity contribution in [1.29, 1.82) is 0 Å². The second-order valence-corrected chi connectivity index (χ2v) is 4.99. The van der Waals surface area contributed by atoms with Crippen LogP contribution in [0.2, 0.25) is 0 Å². The molecule has 0 spiro atoms. The van der Waals surface area contributed by atoms with E-state index in [4.69, 9.17) is 10.8 Å². The summed E-state index contributed by atoms with van der Waals surface area (Å²) < 4.78 is 0. The van der Waals surface area contributed by atoms with E-state index in [-0.39, 0.29) is 11.8 Å². The van der Waals surface area contributed by atoms with Crippen molar-refractivity contribution < 1.29 is 14.7 Å². The first kappa shape index (κ1) is 13.0. The van der Waals surface area contributed by atoms with Gasteiger partial charge in [0.2, 0.25) is 5.91 Å². The fourth-order valence-corrected chi connectivity index (χ4v) is 1.84. The van der Waals surface area contributed by atoms with Gasteiger partial charge in [-0.25, -0.2) is 0 Å². The summed E-state index contributed by atoms with van der Waals surface area (Å²) >= 11 is 0. The molecule has 1 rings (SSSR count). The van der Waals surface area contributed by atoms with Crippen LogP contribution in [0.25, 0.3) is 0 Å². The van der Waals surface area contributed by atoms with Crippen LogP contribution in [0.5, 0.6) is 0 Å². The molecule has 3 N–H and O–H groups in total. The predicted molar refractivity (Wildman–Crippen MR) is 59.8 cm³/mol. The van der Waals surface area contributed by atoms with E-state index < -0.39 is 11.4 Å². The van der Waals surface area contributed by atoms with Gasteiger partial charge in [0.05, 0.1) is 11.3 Å². The van der Waals surface area contributed by atoms with Crippen LogP contribution in [0.3, 0.4) is 0 Å². The first-order valence-corrected chi connectivity index (χ1v) is 5.60. The molecule has 0 aromatic rings. The molecular formula is C11H20N2O3. The lowest BCUT2D eigenvalue weighted by molar-refractivity contribution is -0.148. The lowest BCUT2D eigenvalue weighted by Crippen LogP contribution is -2.48. The number of piperidine rings is 1. The lowest BCUT2D eigenvalue weighted by Gasteiger charge is -2.35. The van der Waals surface area contributed by atoms with Crippen LogP contribution < -0.4 is 5.73 Å². The van der Waals surface area contributed by atoms with Crippen molar-refractivity contribution in [2.45, 2.75) is 26.7 Å². The molecule has 0 aliphatic carbocycles. The van der Waals surface area contributed by atoms with E-state index in [2.05, 4.69) is 0 Å². The van der Waals surface area contributed by atoms with Gasteiger partial charge in [0.15, 0.2) is 0 Å². The minimum atomic E-state index is -0.759. The SMILES string of the molecule is CC(C)(CN)C(=O)N1CCC(C(=O)O)CC1. The fourth-order valence-electron chi connectivity index (χ4n) is 1.84. The van der Waals surface area contributed by atoms with E-state index >= 15 is 0 Å². The predicted octanol–water partition coefficient (Wildman–Crippen LogP) is 0.294. The van der Waals surface area contributed by atoms with E-state index in [0.29, 0.717) is 32.5 Å². The number of carbonyl (C=O) groups is 2. The average molecular weight is 228 g/mol. The number of likely N-dealkylation sites (tertiary alicyclic amines) is 1. The normalized spacial score (nSPS) is 18.6. The highest BCUT2D eigenvalue weighted by molar-refractivity contribution is 5.82. The zero-order chi connectivity index (χ0) is 12.3. The summed E-state index contributed by atoms with van der Waals surface area (Å²) in [5.41, 5.74) is 5.00. The monoisotopic (exact) mass is 228 g/mol. The molecule has 0 radical (unpaired) electrons. The largest absolute Gasteiger partial charge is 0.481 e. The third-order valence-corrected chi connectivity index (χ3v) is 3.22. The van der Waals surface area contributed by atoms with E-state index in [0.717, 1.165) is 0 Å². The van der Waals surface area contributed by atoms with E-state index in [9.17, 15) is 9.59 Å². The molecule has 92 valence electrons. The molecule has 1 aliphatic heterocycles. The van der Waals surface area contributed by atoms with E-state index in [1.807, 2.05) is 13.8 Å². The second-order valence-electron chi connectivity index (χ2n) is 4.99. The number of nitrogens with two attached hydrogens (primary N) is 1. The number of amides is 1. The molecule has 1 fully saturated rings. The average Bonchev–Trinajstić information content (AvgIpc) is 2.28. The molecule has 5 nitrogen and oxygen atoms in total. The minimum Gasteiger partial charge on any atom is -0.481 e. The number of carbonyl (C=O) groups excluding carboxylic acids is 1. The molecule has 0 atom stereocenters. The highest BCUT2D eigenvalue weighted by Crippen LogP contribution is 2.23. The molecule has 1 heterocycles. The molecule has 5 heteroatoms. The van der Waals surface area contributed by atoms with Crippen LogP contribution in [0.1, 0.15) is 26.7 Å². The summed E-state index contributed by atoms with van der Waals surface area (Å²) in [6, 6.07) is 0. The van der Waals surface area contributed by atoms with E-state index in [1.165, 1.54) is 0 Å². The second kappa shape index (κ2) is 4.82. The molecule has 1 aliphatic rings.